The number of nitrogens with zero attached hydrogens (tertiary/aromatic N) is 5. The molecule has 3 aromatic rings. The molecule has 1 N–H and O–H groups in total. The second kappa shape index (κ2) is 7.05. The number of anilines is 3. The van der Waals surface area contributed by atoms with Crippen molar-refractivity contribution in [1.82, 2.24) is 0 Å². The Balaban J connectivity index is 1.58. The van der Waals surface area contributed by atoms with E-state index in [9.17, 15) is 0 Å². The van der Waals surface area contributed by atoms with Gasteiger partial charge in [-0.1, -0.05) is 48.5 Å². The van der Waals surface area contributed by atoms with Crippen molar-refractivity contribution in [3.63, 3.8) is 0 Å². The minimum atomic E-state index is -0.548. The molecule has 3 heterocycles. The second-order valence-corrected chi connectivity index (χ2v) is 8.52. The lowest BCUT2D eigenvalue weighted by atomic mass is 9.83. The summed E-state index contributed by atoms with van der Waals surface area (Å²) < 4.78 is 0. The van der Waals surface area contributed by atoms with Crippen LogP contribution < -0.4 is 15.3 Å². The number of hydrazone groups is 2. The SMILES string of the molecule is CC1=NN(c2ccccc2)C2(C1)Nc1ccccc1N=C1C2C(C)=NN1c1ccccc1. The summed E-state index contributed by atoms with van der Waals surface area (Å²) in [4.78, 5) is 5.17. The summed E-state index contributed by atoms with van der Waals surface area (Å²) in [6.45, 7) is 4.19. The monoisotopic (exact) mass is 420 g/mol. The number of hydrogen-bond acceptors (Lipinski definition) is 6. The first kappa shape index (κ1) is 18.8. The van der Waals surface area contributed by atoms with Crippen LogP contribution in [0.4, 0.5) is 22.7 Å². The first-order chi connectivity index (χ1) is 15.7. The van der Waals surface area contributed by atoms with E-state index in [1.165, 1.54) is 0 Å². The largest absolute Gasteiger partial charge is 0.358 e. The Labute approximate surface area is 187 Å². The maximum atomic E-state index is 5.17. The van der Waals surface area contributed by atoms with E-state index in [2.05, 4.69) is 72.7 Å². The summed E-state index contributed by atoms with van der Waals surface area (Å²) >= 11 is 0. The van der Waals surface area contributed by atoms with Crippen LogP contribution in [0.15, 0.2) is 100 Å². The number of aliphatic imine (C=N–C) groups is 1. The first-order valence-electron chi connectivity index (χ1n) is 10.9. The van der Waals surface area contributed by atoms with Crippen molar-refractivity contribution >= 4 is 40.0 Å². The van der Waals surface area contributed by atoms with Crippen LogP contribution in [0.25, 0.3) is 0 Å². The molecule has 0 radical (unpaired) electrons. The lowest BCUT2D eigenvalue weighted by molar-refractivity contribution is 0.452. The number of para-hydroxylation sites is 4. The first-order valence-corrected chi connectivity index (χ1v) is 10.9. The highest BCUT2D eigenvalue weighted by molar-refractivity contribution is 6.20. The summed E-state index contributed by atoms with van der Waals surface area (Å²) in [6, 6.07) is 28.8. The predicted octanol–water partition coefficient (Wildman–Crippen LogP) is 5.64. The minimum absolute atomic E-state index is 0.0866. The number of fused-ring (bicyclic) bond motifs is 3. The molecular formula is C26H24N6. The van der Waals surface area contributed by atoms with Crippen LogP contribution in [0.1, 0.15) is 20.3 Å². The summed E-state index contributed by atoms with van der Waals surface area (Å²) in [5, 5.41) is 18.0. The topological polar surface area (TPSA) is 55.6 Å². The second-order valence-electron chi connectivity index (χ2n) is 8.52. The smallest absolute Gasteiger partial charge is 0.152 e. The standard InChI is InChI=1S/C26H24N6/c1-18-17-26(32(29-18)21-13-7-4-8-14-21)24-19(2)30-31(20-11-5-3-6-12-20)25(24)27-22-15-9-10-16-23(22)28-26/h3-16,24,28H,17H2,1-2H3. The van der Waals surface area contributed by atoms with Gasteiger partial charge in [0, 0.05) is 12.1 Å². The zero-order valence-electron chi connectivity index (χ0n) is 18.1. The van der Waals surface area contributed by atoms with Crippen molar-refractivity contribution in [2.75, 3.05) is 15.3 Å². The molecule has 6 rings (SSSR count). The number of amidine groups is 1. The van der Waals surface area contributed by atoms with Gasteiger partial charge in [0.15, 0.2) is 5.66 Å². The Bertz CT molecular complexity index is 1260. The molecule has 2 unspecified atom stereocenters. The number of benzene rings is 3. The average molecular weight is 421 g/mol. The quantitative estimate of drug-likeness (QED) is 0.584. The van der Waals surface area contributed by atoms with Crippen molar-refractivity contribution in [3.05, 3.63) is 84.9 Å². The minimum Gasteiger partial charge on any atom is -0.358 e. The Hall–Kier alpha value is -3.93. The van der Waals surface area contributed by atoms with E-state index in [4.69, 9.17) is 15.2 Å². The number of hydrogen-bond donors (Lipinski definition) is 1. The van der Waals surface area contributed by atoms with Crippen LogP contribution in [0, 0.1) is 5.92 Å². The van der Waals surface area contributed by atoms with Crippen molar-refractivity contribution in [2.45, 2.75) is 25.9 Å². The van der Waals surface area contributed by atoms with Gasteiger partial charge in [-0.2, -0.15) is 10.2 Å². The highest BCUT2D eigenvalue weighted by Crippen LogP contribution is 2.47. The fourth-order valence-electron chi connectivity index (χ4n) is 5.05. The van der Waals surface area contributed by atoms with E-state index < -0.39 is 5.66 Å². The van der Waals surface area contributed by atoms with Gasteiger partial charge in [0.1, 0.15) is 11.8 Å². The molecule has 0 aromatic heterocycles. The van der Waals surface area contributed by atoms with Gasteiger partial charge in [0.2, 0.25) is 0 Å². The van der Waals surface area contributed by atoms with Gasteiger partial charge < -0.3 is 5.32 Å². The molecule has 0 fully saturated rings. The lowest BCUT2D eigenvalue weighted by Gasteiger charge is -2.42. The Morgan fingerprint density at radius 1 is 0.812 bits per heavy atom. The van der Waals surface area contributed by atoms with Gasteiger partial charge >= 0.3 is 0 Å². The molecule has 3 aliphatic heterocycles. The van der Waals surface area contributed by atoms with Crippen molar-refractivity contribution in [3.8, 4) is 0 Å². The third kappa shape index (κ3) is 2.76. The molecular weight excluding hydrogens is 396 g/mol. The third-order valence-electron chi connectivity index (χ3n) is 6.29. The molecule has 32 heavy (non-hydrogen) atoms. The zero-order chi connectivity index (χ0) is 21.7. The van der Waals surface area contributed by atoms with E-state index in [0.29, 0.717) is 0 Å². The molecule has 0 saturated carbocycles. The van der Waals surface area contributed by atoms with Gasteiger partial charge in [0.05, 0.1) is 28.5 Å². The molecule has 0 bridgehead atoms. The van der Waals surface area contributed by atoms with Crippen LogP contribution >= 0.6 is 0 Å². The van der Waals surface area contributed by atoms with E-state index >= 15 is 0 Å². The Morgan fingerprint density at radius 2 is 1.47 bits per heavy atom. The van der Waals surface area contributed by atoms with Gasteiger partial charge in [-0.15, -0.1) is 0 Å². The number of nitrogens with one attached hydrogen (secondary N) is 1. The van der Waals surface area contributed by atoms with Crippen molar-refractivity contribution in [2.24, 2.45) is 21.1 Å². The number of rotatable bonds is 2. The van der Waals surface area contributed by atoms with Crippen LogP contribution in [-0.2, 0) is 0 Å². The maximum Gasteiger partial charge on any atom is 0.152 e. The highest BCUT2D eigenvalue weighted by Gasteiger charge is 2.56. The molecule has 1 spiro atoms. The van der Waals surface area contributed by atoms with Crippen LogP contribution in [0.5, 0.6) is 0 Å². The fourth-order valence-corrected chi connectivity index (χ4v) is 5.05. The summed E-state index contributed by atoms with van der Waals surface area (Å²) in [5.41, 5.74) is 5.50. The van der Waals surface area contributed by atoms with Gasteiger partial charge in [0.25, 0.3) is 0 Å². The van der Waals surface area contributed by atoms with Crippen LogP contribution in [-0.4, -0.2) is 22.9 Å². The van der Waals surface area contributed by atoms with Crippen LogP contribution in [0.3, 0.4) is 0 Å². The molecule has 6 heteroatoms. The molecule has 6 nitrogen and oxygen atoms in total. The zero-order valence-corrected chi connectivity index (χ0v) is 18.1. The summed E-state index contributed by atoms with van der Waals surface area (Å²) in [5.74, 6) is 0.827. The molecule has 0 saturated heterocycles. The van der Waals surface area contributed by atoms with E-state index in [1.54, 1.807) is 0 Å². The van der Waals surface area contributed by atoms with Gasteiger partial charge in [-0.3, -0.25) is 0 Å². The van der Waals surface area contributed by atoms with Crippen molar-refractivity contribution < 1.29 is 0 Å². The molecule has 3 aliphatic rings. The molecule has 158 valence electrons. The summed E-state index contributed by atoms with van der Waals surface area (Å²) in [6.07, 6.45) is 0.759. The normalized spacial score (nSPS) is 23.7. The third-order valence-corrected chi connectivity index (χ3v) is 6.29. The fraction of sp³-hybridized carbons (Fsp3) is 0.192. The average Bonchev–Trinajstić information content (AvgIpc) is 3.27. The molecule has 0 aliphatic carbocycles. The maximum absolute atomic E-state index is 5.17. The predicted molar refractivity (Wildman–Crippen MR) is 132 cm³/mol. The van der Waals surface area contributed by atoms with E-state index in [0.717, 1.165) is 46.4 Å². The van der Waals surface area contributed by atoms with E-state index in [-0.39, 0.29) is 5.92 Å². The van der Waals surface area contributed by atoms with Crippen molar-refractivity contribution in [1.29, 1.82) is 0 Å². The Morgan fingerprint density at radius 3 is 2.22 bits per heavy atom. The molecule has 3 aromatic carbocycles. The Kier molecular flexibility index (Phi) is 4.15. The molecule has 2 atom stereocenters. The van der Waals surface area contributed by atoms with E-state index in [1.807, 2.05) is 41.4 Å². The van der Waals surface area contributed by atoms with Crippen LogP contribution in [0.2, 0.25) is 0 Å². The highest BCUT2D eigenvalue weighted by atomic mass is 15.6. The summed E-state index contributed by atoms with van der Waals surface area (Å²) in [7, 11) is 0. The molecule has 0 amide bonds. The van der Waals surface area contributed by atoms with Gasteiger partial charge in [-0.25, -0.2) is 15.0 Å². The lowest BCUT2D eigenvalue weighted by Crippen LogP contribution is -2.59. The van der Waals surface area contributed by atoms with Gasteiger partial charge in [-0.05, 0) is 50.2 Å².